The van der Waals surface area contributed by atoms with Crippen LogP contribution >= 0.6 is 0 Å². The highest BCUT2D eigenvalue weighted by atomic mass is 19.1. The highest BCUT2D eigenvalue weighted by Crippen LogP contribution is 2.28. The van der Waals surface area contributed by atoms with E-state index in [1.165, 1.54) is 11.8 Å². The first kappa shape index (κ1) is 24.2. The largest absolute Gasteiger partial charge is 0.378 e. The SMILES string of the molecule is C[C@H](N)C(=O)N(C(=O)[C@H](O)c1cc(F)cc(F)c1)[C@H]1CC=C[C@@H](c2ccccc2)N(C)C1=O. The van der Waals surface area contributed by atoms with Gasteiger partial charge in [-0.25, -0.2) is 8.78 Å². The summed E-state index contributed by atoms with van der Waals surface area (Å²) in [5.74, 6) is -4.63. The molecule has 1 heterocycles. The number of hydrogen-bond donors (Lipinski definition) is 2. The Bertz CT molecular complexity index is 1050. The van der Waals surface area contributed by atoms with Gasteiger partial charge < -0.3 is 15.7 Å². The predicted molar refractivity (Wildman–Crippen MR) is 116 cm³/mol. The van der Waals surface area contributed by atoms with E-state index < -0.39 is 53.6 Å². The molecule has 1 aliphatic rings. The van der Waals surface area contributed by atoms with E-state index in [0.29, 0.717) is 11.0 Å². The Kier molecular flexibility index (Phi) is 7.35. The number of aliphatic hydroxyl groups is 1. The molecule has 0 saturated heterocycles. The van der Waals surface area contributed by atoms with Gasteiger partial charge in [0.2, 0.25) is 11.8 Å². The van der Waals surface area contributed by atoms with Crippen molar-refractivity contribution in [2.24, 2.45) is 5.73 Å². The second-order valence-electron chi connectivity index (χ2n) is 7.92. The highest BCUT2D eigenvalue weighted by molar-refractivity contribution is 6.04. The Hall–Kier alpha value is -3.43. The number of likely N-dealkylation sites (N-methyl/N-ethyl adjacent to an activating group) is 1. The van der Waals surface area contributed by atoms with Gasteiger partial charge >= 0.3 is 0 Å². The minimum atomic E-state index is -2.08. The third-order valence-electron chi connectivity index (χ3n) is 5.48. The van der Waals surface area contributed by atoms with Crippen LogP contribution in [0.1, 0.15) is 36.6 Å². The van der Waals surface area contributed by atoms with E-state index >= 15 is 0 Å². The molecule has 9 heteroatoms. The number of amides is 3. The van der Waals surface area contributed by atoms with Crippen LogP contribution in [-0.4, -0.2) is 51.8 Å². The lowest BCUT2D eigenvalue weighted by Gasteiger charge is -2.34. The van der Waals surface area contributed by atoms with E-state index in [0.717, 1.165) is 17.7 Å². The van der Waals surface area contributed by atoms with Crippen molar-refractivity contribution in [2.75, 3.05) is 7.05 Å². The summed E-state index contributed by atoms with van der Waals surface area (Å²) < 4.78 is 27.3. The van der Waals surface area contributed by atoms with Crippen molar-refractivity contribution in [1.82, 2.24) is 9.80 Å². The molecular formula is C24H25F2N3O4. The molecule has 4 atom stereocenters. The summed E-state index contributed by atoms with van der Waals surface area (Å²) in [7, 11) is 1.54. The Morgan fingerprint density at radius 3 is 2.30 bits per heavy atom. The molecule has 3 amide bonds. The Morgan fingerprint density at radius 2 is 1.73 bits per heavy atom. The molecule has 0 aliphatic carbocycles. The van der Waals surface area contributed by atoms with Crippen molar-refractivity contribution in [3.05, 3.63) is 83.4 Å². The third-order valence-corrected chi connectivity index (χ3v) is 5.48. The molecule has 0 unspecified atom stereocenters. The zero-order valence-electron chi connectivity index (χ0n) is 18.2. The topological polar surface area (TPSA) is 104 Å². The standard InChI is InChI=1S/C24H25F2N3O4/c1-14(27)22(31)29(24(33)21(30)16-11-17(25)13-18(26)12-16)20-10-6-9-19(28(2)23(20)32)15-7-4-3-5-8-15/h3-9,11-14,19-21,30H,10,27H2,1-2H3/t14-,19-,20-,21+/m0/s1. The molecule has 33 heavy (non-hydrogen) atoms. The molecule has 0 saturated carbocycles. The summed E-state index contributed by atoms with van der Waals surface area (Å²) in [6, 6.07) is 8.44. The lowest BCUT2D eigenvalue weighted by molar-refractivity contribution is -0.160. The lowest BCUT2D eigenvalue weighted by Crippen LogP contribution is -2.57. The van der Waals surface area contributed by atoms with Crippen molar-refractivity contribution in [1.29, 1.82) is 0 Å². The first-order valence-electron chi connectivity index (χ1n) is 10.4. The van der Waals surface area contributed by atoms with Crippen LogP contribution < -0.4 is 5.73 Å². The van der Waals surface area contributed by atoms with Gasteiger partial charge in [0.25, 0.3) is 5.91 Å². The number of nitrogens with zero attached hydrogens (tertiary/aromatic N) is 2. The predicted octanol–water partition coefficient (Wildman–Crippen LogP) is 2.23. The van der Waals surface area contributed by atoms with Crippen LogP contribution in [0.4, 0.5) is 8.78 Å². The summed E-state index contributed by atoms with van der Waals surface area (Å²) in [4.78, 5) is 41.5. The van der Waals surface area contributed by atoms with Crippen LogP contribution in [0, 0.1) is 11.6 Å². The molecule has 0 fully saturated rings. The van der Waals surface area contributed by atoms with Gasteiger partial charge in [-0.3, -0.25) is 19.3 Å². The number of carbonyl (C=O) groups is 3. The molecule has 7 nitrogen and oxygen atoms in total. The summed E-state index contributed by atoms with van der Waals surface area (Å²) in [6.07, 6.45) is 1.37. The van der Waals surface area contributed by atoms with E-state index in [-0.39, 0.29) is 12.0 Å². The Labute approximate surface area is 190 Å². The fraction of sp³-hybridized carbons (Fsp3) is 0.292. The summed E-state index contributed by atoms with van der Waals surface area (Å²) in [5.41, 5.74) is 6.17. The molecule has 0 radical (unpaired) electrons. The van der Waals surface area contributed by atoms with Crippen LogP contribution in [0.15, 0.2) is 60.7 Å². The fourth-order valence-corrected chi connectivity index (χ4v) is 3.78. The quantitative estimate of drug-likeness (QED) is 0.671. The molecule has 0 aromatic heterocycles. The van der Waals surface area contributed by atoms with E-state index in [9.17, 15) is 28.3 Å². The van der Waals surface area contributed by atoms with Crippen LogP contribution in [0.3, 0.4) is 0 Å². The number of benzene rings is 2. The van der Waals surface area contributed by atoms with Gasteiger partial charge in [-0.1, -0.05) is 42.5 Å². The minimum Gasteiger partial charge on any atom is -0.378 e. The number of halogens is 2. The van der Waals surface area contributed by atoms with Crippen molar-refractivity contribution in [2.45, 2.75) is 37.6 Å². The number of nitrogens with two attached hydrogens (primary N) is 1. The maximum Gasteiger partial charge on any atom is 0.263 e. The molecule has 0 bridgehead atoms. The molecule has 3 N–H and O–H groups in total. The zero-order chi connectivity index (χ0) is 24.3. The second kappa shape index (κ2) is 10.0. The van der Waals surface area contributed by atoms with Crippen molar-refractivity contribution in [3.63, 3.8) is 0 Å². The van der Waals surface area contributed by atoms with Crippen LogP contribution in [0.25, 0.3) is 0 Å². The van der Waals surface area contributed by atoms with Crippen molar-refractivity contribution >= 4 is 17.7 Å². The molecular weight excluding hydrogens is 432 g/mol. The summed E-state index contributed by atoms with van der Waals surface area (Å²) in [5, 5.41) is 10.6. The van der Waals surface area contributed by atoms with E-state index in [4.69, 9.17) is 5.73 Å². The van der Waals surface area contributed by atoms with Gasteiger partial charge in [-0.05, 0) is 36.6 Å². The number of hydrogen-bond acceptors (Lipinski definition) is 5. The molecule has 1 aliphatic heterocycles. The van der Waals surface area contributed by atoms with Gasteiger partial charge in [-0.15, -0.1) is 0 Å². The summed E-state index contributed by atoms with van der Waals surface area (Å²) >= 11 is 0. The monoisotopic (exact) mass is 457 g/mol. The molecule has 174 valence electrons. The summed E-state index contributed by atoms with van der Waals surface area (Å²) in [6.45, 7) is 1.34. The van der Waals surface area contributed by atoms with Crippen LogP contribution in [-0.2, 0) is 14.4 Å². The maximum absolute atomic E-state index is 13.6. The van der Waals surface area contributed by atoms with Crippen LogP contribution in [0.2, 0.25) is 0 Å². The van der Waals surface area contributed by atoms with E-state index in [2.05, 4.69) is 0 Å². The van der Waals surface area contributed by atoms with Gasteiger partial charge in [0.15, 0.2) is 6.10 Å². The van der Waals surface area contributed by atoms with Crippen LogP contribution in [0.5, 0.6) is 0 Å². The third kappa shape index (κ3) is 5.15. The number of carbonyl (C=O) groups excluding carboxylic acids is 3. The van der Waals surface area contributed by atoms with E-state index in [1.807, 2.05) is 30.3 Å². The van der Waals surface area contributed by atoms with Gasteiger partial charge in [0, 0.05) is 13.1 Å². The average molecular weight is 457 g/mol. The normalized spacial score (nSPS) is 20.2. The van der Waals surface area contributed by atoms with Crippen molar-refractivity contribution < 1.29 is 28.3 Å². The second-order valence-corrected chi connectivity index (χ2v) is 7.92. The average Bonchev–Trinajstić information content (AvgIpc) is 2.92. The molecule has 0 spiro atoms. The number of aliphatic hydroxyl groups excluding tert-OH is 1. The number of rotatable bonds is 5. The molecule has 3 rings (SSSR count). The van der Waals surface area contributed by atoms with Gasteiger partial charge in [0.1, 0.15) is 17.7 Å². The first-order valence-corrected chi connectivity index (χ1v) is 10.4. The number of imide groups is 1. The van der Waals surface area contributed by atoms with Gasteiger partial charge in [-0.2, -0.15) is 0 Å². The Balaban J connectivity index is 1.97. The van der Waals surface area contributed by atoms with E-state index in [1.54, 1.807) is 19.2 Å². The smallest absolute Gasteiger partial charge is 0.263 e. The van der Waals surface area contributed by atoms with Gasteiger partial charge in [0.05, 0.1) is 12.1 Å². The lowest BCUT2D eigenvalue weighted by atomic mass is 10.0. The Morgan fingerprint density at radius 1 is 1.12 bits per heavy atom. The molecule has 2 aromatic rings. The van der Waals surface area contributed by atoms with Crippen molar-refractivity contribution in [3.8, 4) is 0 Å². The molecule has 2 aromatic carbocycles. The highest BCUT2D eigenvalue weighted by Gasteiger charge is 2.41. The first-order chi connectivity index (χ1) is 15.6. The fourth-order valence-electron chi connectivity index (χ4n) is 3.78. The maximum atomic E-state index is 13.6. The minimum absolute atomic E-state index is 0.0130. The zero-order valence-corrected chi connectivity index (χ0v) is 18.2.